The van der Waals surface area contributed by atoms with Gasteiger partial charge in [-0.2, -0.15) is 0 Å². The van der Waals surface area contributed by atoms with Gasteiger partial charge in [0.15, 0.2) is 0 Å². The first-order valence-electron chi connectivity index (χ1n) is 5.26. The number of hydrogen-bond acceptors (Lipinski definition) is 1. The van der Waals surface area contributed by atoms with Gasteiger partial charge in [0.2, 0.25) is 0 Å². The van der Waals surface area contributed by atoms with Gasteiger partial charge in [0.1, 0.15) is 0 Å². The topological polar surface area (TPSA) is 12.4 Å². The highest BCUT2D eigenvalue weighted by Gasteiger charge is 2.04. The van der Waals surface area contributed by atoms with Gasteiger partial charge in [-0.1, -0.05) is 36.4 Å². The van der Waals surface area contributed by atoms with Gasteiger partial charge in [0.25, 0.3) is 0 Å². The Hall–Kier alpha value is -1.37. The summed E-state index contributed by atoms with van der Waals surface area (Å²) in [4.78, 5) is 4.46. The van der Waals surface area contributed by atoms with Crippen LogP contribution in [0.4, 0.5) is 0 Å². The fourth-order valence-electron chi connectivity index (χ4n) is 1.14. The van der Waals surface area contributed by atoms with E-state index in [2.05, 4.69) is 50.9 Å². The van der Waals surface area contributed by atoms with Gasteiger partial charge in [-0.25, -0.2) is 0 Å². The molecule has 0 saturated heterocycles. The Bertz CT molecular complexity index is 353. The van der Waals surface area contributed by atoms with Crippen LogP contribution in [0.25, 0.3) is 6.08 Å². The van der Waals surface area contributed by atoms with Crippen molar-refractivity contribution in [3.63, 3.8) is 0 Å². The molecule has 0 aliphatic heterocycles. The van der Waals surface area contributed by atoms with Gasteiger partial charge in [0.05, 0.1) is 5.54 Å². The van der Waals surface area contributed by atoms with Crippen LogP contribution in [0.3, 0.4) is 0 Å². The van der Waals surface area contributed by atoms with Crippen LogP contribution >= 0.6 is 0 Å². The van der Waals surface area contributed by atoms with E-state index in [9.17, 15) is 0 Å². The molecule has 1 nitrogen and oxygen atoms in total. The summed E-state index contributed by atoms with van der Waals surface area (Å²) in [6, 6.07) is 10.3. The summed E-state index contributed by atoms with van der Waals surface area (Å²) < 4.78 is 0. The van der Waals surface area contributed by atoms with Crippen molar-refractivity contribution in [3.05, 3.63) is 41.5 Å². The largest absolute Gasteiger partial charge is 0.287 e. The molecule has 1 heteroatoms. The Balaban J connectivity index is 2.74. The Morgan fingerprint density at radius 1 is 1.13 bits per heavy atom. The second-order valence-corrected chi connectivity index (χ2v) is 4.73. The third kappa shape index (κ3) is 5.16. The van der Waals surface area contributed by atoms with Crippen molar-refractivity contribution >= 4 is 12.3 Å². The van der Waals surface area contributed by atoms with Gasteiger partial charge in [-0.3, -0.25) is 4.99 Å². The molecule has 0 spiro atoms. The molecule has 0 radical (unpaired) electrons. The van der Waals surface area contributed by atoms with Gasteiger partial charge < -0.3 is 0 Å². The quantitative estimate of drug-likeness (QED) is 0.642. The van der Waals surface area contributed by atoms with E-state index >= 15 is 0 Å². The maximum atomic E-state index is 4.46. The summed E-state index contributed by atoms with van der Waals surface area (Å²) in [7, 11) is 0. The van der Waals surface area contributed by atoms with E-state index in [4.69, 9.17) is 0 Å². The average Bonchev–Trinajstić information content (AvgIpc) is 2.15. The fourth-order valence-corrected chi connectivity index (χ4v) is 1.14. The smallest absolute Gasteiger partial charge is 0.0524 e. The molecule has 0 aliphatic carbocycles. The van der Waals surface area contributed by atoms with Crippen LogP contribution in [0.5, 0.6) is 0 Å². The molecule has 0 unspecified atom stereocenters. The molecular weight excluding hydrogens is 182 g/mol. The summed E-state index contributed by atoms with van der Waals surface area (Å²) >= 11 is 0. The molecule has 0 N–H and O–H groups in total. The van der Waals surface area contributed by atoms with Crippen LogP contribution < -0.4 is 0 Å². The predicted molar refractivity (Wildman–Crippen MR) is 68.3 cm³/mol. The molecule has 15 heavy (non-hydrogen) atoms. The second kappa shape index (κ2) is 4.92. The standard InChI is InChI=1S/C14H19N/c1-12(11-15-14(2,3)4)10-13-8-6-5-7-9-13/h5-11H,1-4H3/b12-10-,15-11?. The summed E-state index contributed by atoms with van der Waals surface area (Å²) in [5, 5.41) is 0. The van der Waals surface area contributed by atoms with Crippen molar-refractivity contribution in [1.29, 1.82) is 0 Å². The molecule has 0 heterocycles. The Morgan fingerprint density at radius 3 is 2.27 bits per heavy atom. The molecule has 0 aliphatic rings. The molecule has 0 amide bonds. The maximum Gasteiger partial charge on any atom is 0.0524 e. The van der Waals surface area contributed by atoms with E-state index in [0.29, 0.717) is 0 Å². The molecular formula is C14H19N. The minimum Gasteiger partial charge on any atom is -0.287 e. The van der Waals surface area contributed by atoms with Crippen LogP contribution in [0.1, 0.15) is 33.3 Å². The Kier molecular flexibility index (Phi) is 3.84. The second-order valence-electron chi connectivity index (χ2n) is 4.73. The number of benzene rings is 1. The van der Waals surface area contributed by atoms with Crippen molar-refractivity contribution in [1.82, 2.24) is 0 Å². The molecule has 1 rings (SSSR count). The van der Waals surface area contributed by atoms with Crippen LogP contribution in [-0.4, -0.2) is 11.8 Å². The zero-order valence-corrected chi connectivity index (χ0v) is 9.99. The first-order chi connectivity index (χ1) is 6.97. The summed E-state index contributed by atoms with van der Waals surface area (Å²) in [6.45, 7) is 8.36. The van der Waals surface area contributed by atoms with Crippen molar-refractivity contribution in [3.8, 4) is 0 Å². The minimum atomic E-state index is 0.00574. The van der Waals surface area contributed by atoms with Crippen LogP contribution in [0.15, 0.2) is 40.9 Å². The fraction of sp³-hybridized carbons (Fsp3) is 0.357. The molecule has 1 aromatic carbocycles. The predicted octanol–water partition coefficient (Wildman–Crippen LogP) is 3.96. The van der Waals surface area contributed by atoms with Gasteiger partial charge >= 0.3 is 0 Å². The van der Waals surface area contributed by atoms with Crippen molar-refractivity contribution in [2.24, 2.45) is 4.99 Å². The highest BCUT2D eigenvalue weighted by Crippen LogP contribution is 2.08. The van der Waals surface area contributed by atoms with E-state index < -0.39 is 0 Å². The van der Waals surface area contributed by atoms with Crippen molar-refractivity contribution in [2.45, 2.75) is 33.2 Å². The van der Waals surface area contributed by atoms with E-state index in [1.807, 2.05) is 24.4 Å². The average molecular weight is 201 g/mol. The van der Waals surface area contributed by atoms with Crippen molar-refractivity contribution < 1.29 is 0 Å². The molecule has 0 atom stereocenters. The van der Waals surface area contributed by atoms with Gasteiger partial charge in [0, 0.05) is 6.21 Å². The molecule has 0 bridgehead atoms. The van der Waals surface area contributed by atoms with Crippen LogP contribution in [-0.2, 0) is 0 Å². The third-order valence-electron chi connectivity index (χ3n) is 1.85. The van der Waals surface area contributed by atoms with Crippen molar-refractivity contribution in [2.75, 3.05) is 0 Å². The van der Waals surface area contributed by atoms with Gasteiger partial charge in [-0.05, 0) is 38.8 Å². The lowest BCUT2D eigenvalue weighted by Gasteiger charge is -2.10. The highest BCUT2D eigenvalue weighted by atomic mass is 14.8. The van der Waals surface area contributed by atoms with Crippen LogP contribution in [0, 0.1) is 0 Å². The molecule has 0 saturated carbocycles. The summed E-state index contributed by atoms with van der Waals surface area (Å²) in [5.41, 5.74) is 2.40. The highest BCUT2D eigenvalue weighted by molar-refractivity contribution is 5.84. The lowest BCUT2D eigenvalue weighted by molar-refractivity contribution is 0.586. The van der Waals surface area contributed by atoms with Gasteiger partial charge in [-0.15, -0.1) is 0 Å². The van der Waals surface area contributed by atoms with E-state index in [-0.39, 0.29) is 5.54 Å². The minimum absolute atomic E-state index is 0.00574. The summed E-state index contributed by atoms with van der Waals surface area (Å²) in [5.74, 6) is 0. The zero-order chi connectivity index (χ0) is 11.3. The normalized spacial score (nSPS) is 13.5. The van der Waals surface area contributed by atoms with E-state index in [0.717, 1.165) is 0 Å². The monoisotopic (exact) mass is 201 g/mol. The van der Waals surface area contributed by atoms with E-state index in [1.54, 1.807) is 0 Å². The Morgan fingerprint density at radius 2 is 1.73 bits per heavy atom. The molecule has 80 valence electrons. The lowest BCUT2D eigenvalue weighted by Crippen LogP contribution is -2.09. The number of hydrogen-bond donors (Lipinski definition) is 0. The first-order valence-corrected chi connectivity index (χ1v) is 5.26. The van der Waals surface area contributed by atoms with E-state index in [1.165, 1.54) is 11.1 Å². The van der Waals surface area contributed by atoms with Crippen LogP contribution in [0.2, 0.25) is 0 Å². The number of allylic oxidation sites excluding steroid dienone is 1. The lowest BCUT2D eigenvalue weighted by atomic mass is 10.1. The Labute approximate surface area is 92.6 Å². The zero-order valence-electron chi connectivity index (χ0n) is 9.99. The summed E-state index contributed by atoms with van der Waals surface area (Å²) in [6.07, 6.45) is 4.07. The SMILES string of the molecule is C/C(C=NC(C)(C)C)=C/c1ccccc1. The first kappa shape index (κ1) is 11.7. The molecule has 0 fully saturated rings. The number of aliphatic imine (C=N–C) groups is 1. The molecule has 0 aromatic heterocycles. The maximum absolute atomic E-state index is 4.46. The third-order valence-corrected chi connectivity index (χ3v) is 1.85. The molecule has 1 aromatic rings. The number of nitrogens with zero attached hydrogens (tertiary/aromatic N) is 1. The number of rotatable bonds is 2.